The van der Waals surface area contributed by atoms with Crippen LogP contribution in [-0.4, -0.2) is 12.1 Å². The van der Waals surface area contributed by atoms with Gasteiger partial charge in [-0.05, 0) is 40.5 Å². The number of nitrogens with zero attached hydrogens (tertiary/aromatic N) is 1. The average Bonchev–Trinajstić information content (AvgIpc) is 2.26. The third kappa shape index (κ3) is 2.30. The van der Waals surface area contributed by atoms with Crippen LogP contribution in [0.2, 0.25) is 5.02 Å². The Morgan fingerprint density at radius 1 is 1.47 bits per heavy atom. The second kappa shape index (κ2) is 4.88. The first-order chi connectivity index (χ1) is 8.04. The van der Waals surface area contributed by atoms with Crippen molar-refractivity contribution in [1.29, 1.82) is 0 Å². The zero-order valence-electron chi connectivity index (χ0n) is 9.35. The summed E-state index contributed by atoms with van der Waals surface area (Å²) in [7, 11) is 1.58. The number of rotatable bonds is 2. The lowest BCUT2D eigenvalue weighted by molar-refractivity contribution is 0.182. The number of ether oxygens (including phenoxy) is 1. The Labute approximate surface area is 112 Å². The van der Waals surface area contributed by atoms with Crippen molar-refractivity contribution in [2.24, 2.45) is 0 Å². The van der Waals surface area contributed by atoms with E-state index in [9.17, 15) is 4.39 Å². The van der Waals surface area contributed by atoms with Crippen LogP contribution in [0.15, 0.2) is 16.6 Å². The zero-order chi connectivity index (χ0) is 12.6. The van der Waals surface area contributed by atoms with Gasteiger partial charge >= 0.3 is 0 Å². The molecule has 17 heavy (non-hydrogen) atoms. The summed E-state index contributed by atoms with van der Waals surface area (Å²) in [5, 5.41) is 0.697. The Morgan fingerprint density at radius 2 is 2.18 bits per heavy atom. The maximum Gasteiger partial charge on any atom is 0.148 e. The quantitative estimate of drug-likeness (QED) is 0.826. The molecule has 0 atom stereocenters. The number of hydrogen-bond donors (Lipinski definition) is 0. The highest BCUT2D eigenvalue weighted by atomic mass is 79.9. The first-order valence-corrected chi connectivity index (χ1v) is 6.14. The minimum atomic E-state index is -0.382. The van der Waals surface area contributed by atoms with E-state index in [-0.39, 0.29) is 5.82 Å². The van der Waals surface area contributed by atoms with Crippen molar-refractivity contribution in [2.45, 2.75) is 13.5 Å². The molecule has 0 amide bonds. The summed E-state index contributed by atoms with van der Waals surface area (Å²) < 4.78 is 19.3. The predicted molar refractivity (Wildman–Crippen MR) is 69.9 cm³/mol. The minimum Gasteiger partial charge on any atom is -0.378 e. The summed E-state index contributed by atoms with van der Waals surface area (Å²) in [4.78, 5) is 4.36. The Balaban J connectivity index is 2.81. The number of aromatic nitrogens is 1. The summed E-state index contributed by atoms with van der Waals surface area (Å²) in [6, 6.07) is 3.32. The molecule has 0 aliphatic carbocycles. The average molecular weight is 319 g/mol. The van der Waals surface area contributed by atoms with E-state index in [2.05, 4.69) is 20.9 Å². The highest BCUT2D eigenvalue weighted by Crippen LogP contribution is 2.32. The smallest absolute Gasteiger partial charge is 0.148 e. The largest absolute Gasteiger partial charge is 0.378 e. The van der Waals surface area contributed by atoms with Gasteiger partial charge in [-0.2, -0.15) is 0 Å². The first-order valence-electron chi connectivity index (χ1n) is 4.97. The lowest BCUT2D eigenvalue weighted by Gasteiger charge is -2.09. The zero-order valence-corrected chi connectivity index (χ0v) is 11.7. The SMILES string of the molecule is COCc1cc(Cl)c2c(F)c(Br)cc(C)c2n1. The van der Waals surface area contributed by atoms with Crippen LogP contribution < -0.4 is 0 Å². The van der Waals surface area contributed by atoms with Gasteiger partial charge in [0.25, 0.3) is 0 Å². The standard InChI is InChI=1S/C12H10BrClFNO/c1-6-3-8(13)11(15)10-9(14)4-7(5-17-2)16-12(6)10/h3-4H,5H2,1-2H3. The number of aryl methyl sites for hydroxylation is 1. The monoisotopic (exact) mass is 317 g/mol. The molecule has 0 saturated heterocycles. The molecule has 0 spiro atoms. The molecule has 5 heteroatoms. The highest BCUT2D eigenvalue weighted by molar-refractivity contribution is 9.10. The molecule has 0 radical (unpaired) electrons. The number of pyridine rings is 1. The van der Waals surface area contributed by atoms with E-state index in [1.165, 1.54) is 0 Å². The van der Waals surface area contributed by atoms with Crippen LogP contribution in [0.3, 0.4) is 0 Å². The lowest BCUT2D eigenvalue weighted by atomic mass is 10.1. The van der Waals surface area contributed by atoms with Gasteiger partial charge in [0.05, 0.1) is 32.7 Å². The Morgan fingerprint density at radius 3 is 2.82 bits per heavy atom. The molecule has 0 unspecified atom stereocenters. The molecule has 0 aliphatic heterocycles. The molecule has 0 bridgehead atoms. The lowest BCUT2D eigenvalue weighted by Crippen LogP contribution is -1.97. The first kappa shape index (κ1) is 12.7. The van der Waals surface area contributed by atoms with E-state index in [0.29, 0.717) is 32.7 Å². The van der Waals surface area contributed by atoms with Crippen molar-refractivity contribution >= 4 is 38.4 Å². The highest BCUT2D eigenvalue weighted by Gasteiger charge is 2.14. The normalized spacial score (nSPS) is 11.1. The number of benzene rings is 1. The van der Waals surface area contributed by atoms with Crippen molar-refractivity contribution in [3.63, 3.8) is 0 Å². The van der Waals surface area contributed by atoms with Crippen LogP contribution >= 0.6 is 27.5 Å². The van der Waals surface area contributed by atoms with Crippen molar-refractivity contribution < 1.29 is 9.13 Å². The van der Waals surface area contributed by atoms with E-state index >= 15 is 0 Å². The number of halogens is 3. The van der Waals surface area contributed by atoms with E-state index in [4.69, 9.17) is 16.3 Å². The maximum atomic E-state index is 14.0. The van der Waals surface area contributed by atoms with E-state index in [1.807, 2.05) is 6.92 Å². The molecule has 0 saturated carbocycles. The second-order valence-corrected chi connectivity index (χ2v) is 5.00. The molecular weight excluding hydrogens is 308 g/mol. The van der Waals surface area contributed by atoms with Crippen LogP contribution in [0, 0.1) is 12.7 Å². The molecular formula is C12H10BrClFNO. The summed E-state index contributed by atoms with van der Waals surface area (Å²) >= 11 is 9.26. The molecule has 0 aliphatic rings. The third-order valence-electron chi connectivity index (χ3n) is 2.46. The Kier molecular flexibility index (Phi) is 3.66. The number of methoxy groups -OCH3 is 1. The topological polar surface area (TPSA) is 22.1 Å². The molecule has 2 rings (SSSR count). The molecule has 1 aromatic heterocycles. The van der Waals surface area contributed by atoms with Crippen molar-refractivity contribution in [3.05, 3.63) is 38.7 Å². The number of hydrogen-bond acceptors (Lipinski definition) is 2. The summed E-state index contributed by atoms with van der Waals surface area (Å²) in [5.74, 6) is -0.382. The molecule has 0 fully saturated rings. The summed E-state index contributed by atoms with van der Waals surface area (Å²) in [5.41, 5.74) is 2.13. The van der Waals surface area contributed by atoms with Crippen LogP contribution in [0.1, 0.15) is 11.3 Å². The van der Waals surface area contributed by atoms with Crippen molar-refractivity contribution in [1.82, 2.24) is 4.98 Å². The third-order valence-corrected chi connectivity index (χ3v) is 3.34. The fourth-order valence-corrected chi connectivity index (χ4v) is 2.56. The van der Waals surface area contributed by atoms with Gasteiger partial charge in [0.15, 0.2) is 0 Å². The van der Waals surface area contributed by atoms with Gasteiger partial charge < -0.3 is 4.74 Å². The van der Waals surface area contributed by atoms with Gasteiger partial charge in [0.1, 0.15) is 5.82 Å². The van der Waals surface area contributed by atoms with Gasteiger partial charge in [0.2, 0.25) is 0 Å². The summed E-state index contributed by atoms with van der Waals surface area (Å²) in [6.07, 6.45) is 0. The van der Waals surface area contributed by atoms with Crippen molar-refractivity contribution in [3.8, 4) is 0 Å². The van der Waals surface area contributed by atoms with E-state index < -0.39 is 0 Å². The Hall–Kier alpha value is -0.710. The van der Waals surface area contributed by atoms with Gasteiger partial charge in [-0.15, -0.1) is 0 Å². The fourth-order valence-electron chi connectivity index (χ4n) is 1.72. The second-order valence-electron chi connectivity index (χ2n) is 3.74. The molecule has 2 aromatic rings. The number of fused-ring (bicyclic) bond motifs is 1. The van der Waals surface area contributed by atoms with Gasteiger partial charge in [-0.25, -0.2) is 9.37 Å². The van der Waals surface area contributed by atoms with Gasteiger partial charge in [0, 0.05) is 7.11 Å². The molecule has 1 aromatic carbocycles. The van der Waals surface area contributed by atoms with Gasteiger partial charge in [-0.1, -0.05) is 11.6 Å². The van der Waals surface area contributed by atoms with Crippen LogP contribution in [0.5, 0.6) is 0 Å². The van der Waals surface area contributed by atoms with Crippen LogP contribution in [-0.2, 0) is 11.3 Å². The fraction of sp³-hybridized carbons (Fsp3) is 0.250. The molecule has 1 heterocycles. The minimum absolute atomic E-state index is 0.346. The molecule has 2 nitrogen and oxygen atoms in total. The molecule has 90 valence electrons. The van der Waals surface area contributed by atoms with E-state index in [1.54, 1.807) is 19.2 Å². The Bertz CT molecular complexity index is 588. The van der Waals surface area contributed by atoms with E-state index in [0.717, 1.165) is 5.56 Å². The van der Waals surface area contributed by atoms with Crippen LogP contribution in [0.4, 0.5) is 4.39 Å². The summed E-state index contributed by atoms with van der Waals surface area (Å²) in [6.45, 7) is 2.22. The molecule has 0 N–H and O–H groups in total. The van der Waals surface area contributed by atoms with Gasteiger partial charge in [-0.3, -0.25) is 0 Å². The predicted octanol–water partition coefficient (Wildman–Crippen LogP) is 4.24. The van der Waals surface area contributed by atoms with Crippen LogP contribution in [0.25, 0.3) is 10.9 Å². The maximum absolute atomic E-state index is 14.0. The van der Waals surface area contributed by atoms with Crippen molar-refractivity contribution in [2.75, 3.05) is 7.11 Å².